The number of esters is 2. The molecule has 1 aliphatic carbocycles. The Labute approximate surface area is 243 Å². The van der Waals surface area contributed by atoms with Crippen LogP contribution < -0.4 is 5.32 Å². The Kier molecular flexibility index (Phi) is 8.79. The minimum atomic E-state index is -1.22. The van der Waals surface area contributed by atoms with Gasteiger partial charge < -0.3 is 19.2 Å². The van der Waals surface area contributed by atoms with Crippen molar-refractivity contribution in [2.45, 2.75) is 51.5 Å². The summed E-state index contributed by atoms with van der Waals surface area (Å²) in [6.07, 6.45) is 5.59. The zero-order valence-corrected chi connectivity index (χ0v) is 23.9. The van der Waals surface area contributed by atoms with Gasteiger partial charge >= 0.3 is 11.9 Å². The molecule has 0 spiro atoms. The van der Waals surface area contributed by atoms with E-state index < -0.39 is 34.6 Å². The van der Waals surface area contributed by atoms with Crippen LogP contribution in [0.4, 0.5) is 8.78 Å². The zero-order chi connectivity index (χ0) is 29.1. The molecule has 0 bridgehead atoms. The minimum absolute atomic E-state index is 0.0341. The van der Waals surface area contributed by atoms with Crippen LogP contribution >= 0.6 is 22.9 Å². The van der Waals surface area contributed by atoms with E-state index in [1.54, 1.807) is 25.4 Å². The molecule has 1 saturated carbocycles. The third-order valence-corrected chi connectivity index (χ3v) is 8.21. The Bertz CT molecular complexity index is 1500. The van der Waals surface area contributed by atoms with Crippen molar-refractivity contribution in [3.8, 4) is 0 Å². The molecule has 1 aliphatic heterocycles. The van der Waals surface area contributed by atoms with Gasteiger partial charge in [0.25, 0.3) is 0 Å². The van der Waals surface area contributed by atoms with Crippen molar-refractivity contribution in [1.82, 2.24) is 15.3 Å². The standard InChI is InChI=1S/C28H27ClF2N4O5S/c1-3-38-27(36)18-13-33-25(40-18)15-7-5-14(6-8-15)22-19(28(37)39-4-2)23(16-9-10-17(30)21(31)20(16)29)35-24(34-22)26-32-11-12-41-26/h9-15,23H,3-8H2,1-2H3,(H,34,35)/t14-,15-,23?. The number of halogens is 3. The van der Waals surface area contributed by atoms with Gasteiger partial charge in [0.1, 0.15) is 6.04 Å². The van der Waals surface area contributed by atoms with Crippen molar-refractivity contribution in [1.29, 1.82) is 0 Å². The van der Waals surface area contributed by atoms with Crippen LogP contribution in [0.3, 0.4) is 0 Å². The first-order valence-corrected chi connectivity index (χ1v) is 14.5. The average molecular weight is 605 g/mol. The van der Waals surface area contributed by atoms with Crippen LogP contribution in [0.2, 0.25) is 5.02 Å². The van der Waals surface area contributed by atoms with Crippen LogP contribution in [0.1, 0.15) is 78.5 Å². The Hall–Kier alpha value is -3.64. The maximum absolute atomic E-state index is 14.6. The van der Waals surface area contributed by atoms with Crippen molar-refractivity contribution < 1.29 is 32.3 Å². The second-order valence-corrected chi connectivity index (χ2v) is 10.8. The van der Waals surface area contributed by atoms with Crippen LogP contribution in [-0.2, 0) is 14.3 Å². The zero-order valence-electron chi connectivity index (χ0n) is 22.3. The van der Waals surface area contributed by atoms with Gasteiger partial charge in [0.05, 0.1) is 30.0 Å². The SMILES string of the molecule is CCOC(=O)C1=C([C@H]2CC[C@H](c3ncc(C(=O)OCC)o3)CC2)NC(c2nccs2)=NC1c1ccc(F)c(F)c1Cl. The van der Waals surface area contributed by atoms with E-state index in [9.17, 15) is 18.4 Å². The van der Waals surface area contributed by atoms with Gasteiger partial charge in [-0.1, -0.05) is 17.7 Å². The normalized spacial score (nSPS) is 20.8. The molecule has 3 aromatic rings. The van der Waals surface area contributed by atoms with Gasteiger partial charge in [0.15, 0.2) is 28.4 Å². The number of aromatic nitrogens is 2. The molecule has 2 aromatic heterocycles. The molecular formula is C28H27ClF2N4O5S. The van der Waals surface area contributed by atoms with Crippen LogP contribution in [0.15, 0.2) is 50.6 Å². The molecule has 3 heterocycles. The molecule has 0 saturated heterocycles. The van der Waals surface area contributed by atoms with E-state index in [2.05, 4.69) is 15.3 Å². The summed E-state index contributed by atoms with van der Waals surface area (Å²) in [6, 6.07) is 1.24. The molecule has 2 aliphatic rings. The molecule has 0 amide bonds. The number of amidine groups is 1. The van der Waals surface area contributed by atoms with E-state index in [4.69, 9.17) is 30.5 Å². The van der Waals surface area contributed by atoms with Crippen molar-refractivity contribution in [2.75, 3.05) is 13.2 Å². The molecule has 41 heavy (non-hydrogen) atoms. The number of rotatable bonds is 8. The lowest BCUT2D eigenvalue weighted by molar-refractivity contribution is -0.139. The third-order valence-electron chi connectivity index (χ3n) is 7.05. The highest BCUT2D eigenvalue weighted by atomic mass is 35.5. The second kappa shape index (κ2) is 12.5. The highest BCUT2D eigenvalue weighted by Crippen LogP contribution is 2.44. The Balaban J connectivity index is 1.50. The average Bonchev–Trinajstić information content (AvgIpc) is 3.69. The first-order chi connectivity index (χ1) is 19.8. The van der Waals surface area contributed by atoms with Gasteiger partial charge in [0.2, 0.25) is 5.76 Å². The Morgan fingerprint density at radius 3 is 2.46 bits per heavy atom. The fourth-order valence-electron chi connectivity index (χ4n) is 5.15. The monoisotopic (exact) mass is 604 g/mol. The number of ether oxygens (including phenoxy) is 2. The summed E-state index contributed by atoms with van der Waals surface area (Å²) in [5.74, 6) is -2.77. The van der Waals surface area contributed by atoms with Gasteiger partial charge in [-0.2, -0.15) is 0 Å². The number of benzene rings is 1. The van der Waals surface area contributed by atoms with E-state index in [0.717, 1.165) is 6.07 Å². The van der Waals surface area contributed by atoms with E-state index in [0.29, 0.717) is 48.1 Å². The molecule has 1 fully saturated rings. The van der Waals surface area contributed by atoms with Gasteiger partial charge in [-0.05, 0) is 51.5 Å². The van der Waals surface area contributed by atoms with Crippen LogP contribution in [0, 0.1) is 17.6 Å². The highest BCUT2D eigenvalue weighted by Gasteiger charge is 2.39. The van der Waals surface area contributed by atoms with Crippen molar-refractivity contribution in [3.63, 3.8) is 0 Å². The van der Waals surface area contributed by atoms with Gasteiger partial charge in [-0.3, -0.25) is 4.99 Å². The fourth-order valence-corrected chi connectivity index (χ4v) is 5.99. The summed E-state index contributed by atoms with van der Waals surface area (Å²) >= 11 is 7.62. The molecule has 1 atom stereocenters. The number of carbonyl (C=O) groups excluding carboxylic acids is 2. The van der Waals surface area contributed by atoms with Crippen LogP contribution in [0.5, 0.6) is 0 Å². The Morgan fingerprint density at radius 1 is 1.07 bits per heavy atom. The number of hydrogen-bond acceptors (Lipinski definition) is 10. The first kappa shape index (κ1) is 28.9. The largest absolute Gasteiger partial charge is 0.463 e. The maximum atomic E-state index is 14.6. The number of allylic oxidation sites excluding steroid dienone is 1. The molecule has 0 radical (unpaired) electrons. The Morgan fingerprint density at radius 2 is 1.78 bits per heavy atom. The predicted molar refractivity (Wildman–Crippen MR) is 147 cm³/mol. The molecule has 1 N–H and O–H groups in total. The minimum Gasteiger partial charge on any atom is -0.463 e. The lowest BCUT2D eigenvalue weighted by Gasteiger charge is -2.34. The molecule has 9 nitrogen and oxygen atoms in total. The van der Waals surface area contributed by atoms with Crippen LogP contribution in [-0.4, -0.2) is 41.0 Å². The predicted octanol–water partition coefficient (Wildman–Crippen LogP) is 6.12. The van der Waals surface area contributed by atoms with Gasteiger partial charge in [-0.25, -0.2) is 28.3 Å². The summed E-state index contributed by atoms with van der Waals surface area (Å²) in [7, 11) is 0. The summed E-state index contributed by atoms with van der Waals surface area (Å²) < 4.78 is 44.6. The number of carbonyl (C=O) groups is 2. The summed E-state index contributed by atoms with van der Waals surface area (Å²) in [6.45, 7) is 3.74. The maximum Gasteiger partial charge on any atom is 0.375 e. The van der Waals surface area contributed by atoms with Crippen LogP contribution in [0.25, 0.3) is 0 Å². The number of aliphatic imine (C=N–C) groups is 1. The fraction of sp³-hybridized carbons (Fsp3) is 0.393. The lowest BCUT2D eigenvalue weighted by atomic mass is 9.78. The van der Waals surface area contributed by atoms with Crippen molar-refractivity contribution in [3.05, 3.63) is 80.1 Å². The summed E-state index contributed by atoms with van der Waals surface area (Å²) in [4.78, 5) is 38.8. The summed E-state index contributed by atoms with van der Waals surface area (Å²) in [5.41, 5.74) is 0.901. The molecule has 5 rings (SSSR count). The van der Waals surface area contributed by atoms with Gasteiger partial charge in [0, 0.05) is 28.8 Å². The van der Waals surface area contributed by atoms with E-state index >= 15 is 0 Å². The quantitative estimate of drug-likeness (QED) is 0.241. The van der Waals surface area contributed by atoms with E-state index in [-0.39, 0.29) is 41.9 Å². The smallest absolute Gasteiger partial charge is 0.375 e. The lowest BCUT2D eigenvalue weighted by Crippen LogP contribution is -2.38. The third kappa shape index (κ3) is 5.89. The molecule has 216 valence electrons. The first-order valence-electron chi connectivity index (χ1n) is 13.2. The molecule has 13 heteroatoms. The molecule has 1 unspecified atom stereocenters. The number of nitrogens with zero attached hydrogens (tertiary/aromatic N) is 3. The molecular weight excluding hydrogens is 578 g/mol. The number of hydrogen-bond donors (Lipinski definition) is 1. The summed E-state index contributed by atoms with van der Waals surface area (Å²) in [5, 5.41) is 5.21. The topological polar surface area (TPSA) is 116 Å². The molecule has 1 aromatic carbocycles. The van der Waals surface area contributed by atoms with E-state index in [1.807, 2.05) is 0 Å². The second-order valence-electron chi connectivity index (χ2n) is 9.49. The van der Waals surface area contributed by atoms with Gasteiger partial charge in [-0.15, -0.1) is 11.3 Å². The number of nitrogens with one attached hydrogen (secondary N) is 1. The number of thiazole rings is 1. The number of oxazole rings is 1. The van der Waals surface area contributed by atoms with Crippen molar-refractivity contribution >= 4 is 40.7 Å². The van der Waals surface area contributed by atoms with E-state index in [1.165, 1.54) is 23.6 Å². The van der Waals surface area contributed by atoms with Crippen molar-refractivity contribution in [2.24, 2.45) is 10.9 Å². The highest BCUT2D eigenvalue weighted by molar-refractivity contribution is 7.11.